The molecule has 2 aromatic rings. The Morgan fingerprint density at radius 2 is 2.15 bits per heavy atom. The van der Waals surface area contributed by atoms with Gasteiger partial charge in [0.05, 0.1) is 12.4 Å². The smallest absolute Gasteiger partial charge is 0.194 e. The number of benzene rings is 1. The molecule has 5 heteroatoms. The molecule has 3 atom stereocenters. The fraction of sp³-hybridized carbons (Fsp3) is 0.524. The number of piperidine rings is 1. The van der Waals surface area contributed by atoms with Gasteiger partial charge in [-0.2, -0.15) is 0 Å². The molecule has 3 unspecified atom stereocenters. The van der Waals surface area contributed by atoms with Crippen LogP contribution in [0.15, 0.2) is 54.0 Å². The molecule has 1 fully saturated rings. The number of aliphatic imine (C=N–C) groups is 1. The zero-order chi connectivity index (χ0) is 18.4. The predicted octanol–water partition coefficient (Wildman–Crippen LogP) is 3.54. The predicted molar refractivity (Wildman–Crippen MR) is 107 cm³/mol. The molecule has 1 saturated heterocycles. The molecule has 0 amide bonds. The SMILES string of the molecule is CCNC(=NCC(C)c1ccccc1)N1CCC(C)C(n2ccnc2)C1. The first-order valence-corrected chi connectivity index (χ1v) is 9.74. The number of likely N-dealkylation sites (tertiary alicyclic amines) is 1. The van der Waals surface area contributed by atoms with Crippen LogP contribution in [-0.4, -0.2) is 46.6 Å². The Hall–Kier alpha value is -2.30. The van der Waals surface area contributed by atoms with Crippen LogP contribution < -0.4 is 5.32 Å². The molecule has 0 spiro atoms. The summed E-state index contributed by atoms with van der Waals surface area (Å²) in [4.78, 5) is 11.6. The first-order chi connectivity index (χ1) is 12.7. The third-order valence-corrected chi connectivity index (χ3v) is 5.34. The highest BCUT2D eigenvalue weighted by molar-refractivity contribution is 5.80. The third kappa shape index (κ3) is 4.45. The van der Waals surface area contributed by atoms with E-state index in [0.29, 0.717) is 17.9 Å². The van der Waals surface area contributed by atoms with Crippen molar-refractivity contribution < 1.29 is 0 Å². The molecule has 1 aliphatic rings. The first kappa shape index (κ1) is 18.5. The highest BCUT2D eigenvalue weighted by Gasteiger charge is 2.28. The second-order valence-electron chi connectivity index (χ2n) is 7.30. The fourth-order valence-electron chi connectivity index (χ4n) is 3.63. The molecule has 1 aromatic heterocycles. The van der Waals surface area contributed by atoms with Crippen molar-refractivity contribution >= 4 is 5.96 Å². The lowest BCUT2D eigenvalue weighted by Gasteiger charge is -2.39. The van der Waals surface area contributed by atoms with Crippen molar-refractivity contribution in [2.24, 2.45) is 10.9 Å². The van der Waals surface area contributed by atoms with Gasteiger partial charge in [-0.15, -0.1) is 0 Å². The number of rotatable bonds is 5. The van der Waals surface area contributed by atoms with E-state index in [1.165, 1.54) is 12.0 Å². The summed E-state index contributed by atoms with van der Waals surface area (Å²) in [5.74, 6) is 2.09. The Morgan fingerprint density at radius 1 is 1.35 bits per heavy atom. The van der Waals surface area contributed by atoms with Gasteiger partial charge in [0.25, 0.3) is 0 Å². The van der Waals surface area contributed by atoms with Gasteiger partial charge < -0.3 is 14.8 Å². The van der Waals surface area contributed by atoms with E-state index in [0.717, 1.165) is 32.1 Å². The fourth-order valence-corrected chi connectivity index (χ4v) is 3.63. The van der Waals surface area contributed by atoms with Crippen LogP contribution in [0.5, 0.6) is 0 Å². The molecule has 0 radical (unpaired) electrons. The lowest BCUT2D eigenvalue weighted by molar-refractivity contribution is 0.189. The molecule has 1 aromatic carbocycles. The monoisotopic (exact) mass is 353 g/mol. The number of hydrogen-bond donors (Lipinski definition) is 1. The molecule has 1 aliphatic heterocycles. The van der Waals surface area contributed by atoms with E-state index < -0.39 is 0 Å². The van der Waals surface area contributed by atoms with E-state index in [9.17, 15) is 0 Å². The van der Waals surface area contributed by atoms with Crippen LogP contribution in [0.1, 0.15) is 44.7 Å². The average molecular weight is 354 g/mol. The Bertz CT molecular complexity index is 680. The summed E-state index contributed by atoms with van der Waals surface area (Å²) in [6.45, 7) is 10.4. The van der Waals surface area contributed by atoms with Gasteiger partial charge in [-0.05, 0) is 24.8 Å². The Labute approximate surface area is 157 Å². The molecule has 2 heterocycles. The highest BCUT2D eigenvalue weighted by atomic mass is 15.3. The molecule has 140 valence electrons. The topological polar surface area (TPSA) is 45.5 Å². The summed E-state index contributed by atoms with van der Waals surface area (Å²) in [7, 11) is 0. The van der Waals surface area contributed by atoms with Crippen molar-refractivity contribution in [2.45, 2.75) is 39.2 Å². The second-order valence-corrected chi connectivity index (χ2v) is 7.30. The maximum atomic E-state index is 4.96. The van der Waals surface area contributed by atoms with Crippen molar-refractivity contribution in [2.75, 3.05) is 26.2 Å². The van der Waals surface area contributed by atoms with Gasteiger partial charge in [-0.25, -0.2) is 4.98 Å². The molecular weight excluding hydrogens is 322 g/mol. The third-order valence-electron chi connectivity index (χ3n) is 5.34. The first-order valence-electron chi connectivity index (χ1n) is 9.74. The number of aromatic nitrogens is 2. The van der Waals surface area contributed by atoms with Crippen molar-refractivity contribution in [3.05, 3.63) is 54.6 Å². The molecule has 1 N–H and O–H groups in total. The molecule has 3 rings (SSSR count). The molecule has 0 aliphatic carbocycles. The summed E-state index contributed by atoms with van der Waals surface area (Å²) >= 11 is 0. The average Bonchev–Trinajstić information content (AvgIpc) is 3.20. The molecular formula is C21H31N5. The van der Waals surface area contributed by atoms with Crippen molar-refractivity contribution in [3.8, 4) is 0 Å². The van der Waals surface area contributed by atoms with Crippen LogP contribution in [0.3, 0.4) is 0 Å². The van der Waals surface area contributed by atoms with Crippen LogP contribution in [0.25, 0.3) is 0 Å². The van der Waals surface area contributed by atoms with Gasteiger partial charge in [0, 0.05) is 44.5 Å². The zero-order valence-corrected chi connectivity index (χ0v) is 16.2. The number of hydrogen-bond acceptors (Lipinski definition) is 2. The van der Waals surface area contributed by atoms with Crippen LogP contribution in [0.2, 0.25) is 0 Å². The van der Waals surface area contributed by atoms with Crippen LogP contribution >= 0.6 is 0 Å². The van der Waals surface area contributed by atoms with Crippen molar-refractivity contribution in [3.63, 3.8) is 0 Å². The summed E-state index contributed by atoms with van der Waals surface area (Å²) in [6.07, 6.45) is 7.05. The van der Waals surface area contributed by atoms with Gasteiger partial charge >= 0.3 is 0 Å². The summed E-state index contributed by atoms with van der Waals surface area (Å²) < 4.78 is 2.24. The van der Waals surface area contributed by atoms with Crippen molar-refractivity contribution in [1.29, 1.82) is 0 Å². The van der Waals surface area contributed by atoms with Crippen LogP contribution in [0, 0.1) is 5.92 Å². The van der Waals surface area contributed by atoms with Crippen molar-refractivity contribution in [1.82, 2.24) is 19.8 Å². The summed E-state index contributed by atoms with van der Waals surface area (Å²) in [6, 6.07) is 11.1. The Kier molecular flexibility index (Phi) is 6.31. The largest absolute Gasteiger partial charge is 0.357 e. The standard InChI is InChI=1S/C21H31N5/c1-4-23-21(24-14-18(3)19-8-6-5-7-9-19)25-12-10-17(2)20(15-25)26-13-11-22-16-26/h5-9,11,13,16-18,20H,4,10,12,14-15H2,1-3H3,(H,23,24). The summed E-state index contributed by atoms with van der Waals surface area (Å²) in [5, 5.41) is 3.49. The number of imidazole rings is 1. The number of nitrogens with one attached hydrogen (secondary N) is 1. The number of guanidine groups is 1. The maximum Gasteiger partial charge on any atom is 0.194 e. The van der Waals surface area contributed by atoms with E-state index in [1.54, 1.807) is 0 Å². The van der Waals surface area contributed by atoms with E-state index >= 15 is 0 Å². The zero-order valence-electron chi connectivity index (χ0n) is 16.2. The summed E-state index contributed by atoms with van der Waals surface area (Å²) in [5.41, 5.74) is 1.34. The Morgan fingerprint density at radius 3 is 2.85 bits per heavy atom. The van der Waals surface area contributed by atoms with Gasteiger partial charge in [0.15, 0.2) is 5.96 Å². The van der Waals surface area contributed by atoms with Gasteiger partial charge in [0.1, 0.15) is 0 Å². The normalized spacial score (nSPS) is 22.3. The minimum Gasteiger partial charge on any atom is -0.357 e. The molecule has 0 saturated carbocycles. The second kappa shape index (κ2) is 8.88. The highest BCUT2D eigenvalue weighted by Crippen LogP contribution is 2.27. The quantitative estimate of drug-likeness (QED) is 0.661. The van der Waals surface area contributed by atoms with Crippen LogP contribution in [0.4, 0.5) is 0 Å². The van der Waals surface area contributed by atoms with Gasteiger partial charge in [-0.1, -0.05) is 44.2 Å². The van der Waals surface area contributed by atoms with E-state index in [-0.39, 0.29) is 0 Å². The molecule has 5 nitrogen and oxygen atoms in total. The van der Waals surface area contributed by atoms with Crippen LogP contribution in [-0.2, 0) is 0 Å². The van der Waals surface area contributed by atoms with Gasteiger partial charge in [0.2, 0.25) is 0 Å². The maximum absolute atomic E-state index is 4.96. The minimum atomic E-state index is 0.415. The van der Waals surface area contributed by atoms with E-state index in [1.807, 2.05) is 12.5 Å². The van der Waals surface area contributed by atoms with E-state index in [4.69, 9.17) is 4.99 Å². The van der Waals surface area contributed by atoms with E-state index in [2.05, 4.69) is 77.1 Å². The molecule has 0 bridgehead atoms. The van der Waals surface area contributed by atoms with Gasteiger partial charge in [-0.3, -0.25) is 4.99 Å². The molecule has 26 heavy (non-hydrogen) atoms. The Balaban J connectivity index is 1.70. The number of nitrogens with zero attached hydrogens (tertiary/aromatic N) is 4. The lowest BCUT2D eigenvalue weighted by atomic mass is 9.93. The lowest BCUT2D eigenvalue weighted by Crippen LogP contribution is -2.49. The minimum absolute atomic E-state index is 0.415.